The highest BCUT2D eigenvalue weighted by Gasteiger charge is 2.06. The van der Waals surface area contributed by atoms with Crippen molar-refractivity contribution >= 4 is 22.5 Å². The van der Waals surface area contributed by atoms with Crippen molar-refractivity contribution in [2.45, 2.75) is 19.9 Å². The molecule has 0 fully saturated rings. The fourth-order valence-electron chi connectivity index (χ4n) is 1.99. The number of aliphatic hydroxyl groups excluding tert-OH is 1. The Balaban J connectivity index is 2.62. The molecule has 0 aliphatic carbocycles. The van der Waals surface area contributed by atoms with E-state index in [1.165, 1.54) is 5.52 Å². The van der Waals surface area contributed by atoms with Gasteiger partial charge in [0.25, 0.3) is 0 Å². The molecule has 1 N–H and O–H groups in total. The van der Waals surface area contributed by atoms with Gasteiger partial charge < -0.3 is 9.67 Å². The molecule has 1 aromatic carbocycles. The number of benzene rings is 1. The zero-order chi connectivity index (χ0) is 10.8. The van der Waals surface area contributed by atoms with Crippen LogP contribution in [0, 0.1) is 0 Å². The average Bonchev–Trinajstić information content (AvgIpc) is 2.54. The van der Waals surface area contributed by atoms with Crippen LogP contribution in [0.4, 0.5) is 0 Å². The lowest BCUT2D eigenvalue weighted by Crippen LogP contribution is -2.02. The number of hydrogen-bond donors (Lipinski definition) is 1. The molecule has 0 atom stereocenters. The first-order valence-corrected chi connectivity index (χ1v) is 5.52. The van der Waals surface area contributed by atoms with Gasteiger partial charge in [0, 0.05) is 41.2 Å². The molecule has 1 heterocycles. The van der Waals surface area contributed by atoms with Crippen LogP contribution in [0.3, 0.4) is 0 Å². The molecule has 0 aliphatic heterocycles. The maximum Gasteiger partial charge on any atom is 0.0485 e. The molecule has 0 radical (unpaired) electrons. The zero-order valence-electron chi connectivity index (χ0n) is 8.70. The Morgan fingerprint density at radius 1 is 1.33 bits per heavy atom. The molecule has 0 saturated carbocycles. The van der Waals surface area contributed by atoms with E-state index in [4.69, 9.17) is 16.7 Å². The molecule has 0 amide bonds. The summed E-state index contributed by atoms with van der Waals surface area (Å²) in [5, 5.41) is 10.9. The highest BCUT2D eigenvalue weighted by atomic mass is 35.5. The summed E-state index contributed by atoms with van der Waals surface area (Å²) < 4.78 is 2.21. The Kier molecular flexibility index (Phi) is 2.98. The lowest BCUT2D eigenvalue weighted by Gasteiger charge is -2.06. The van der Waals surface area contributed by atoms with Crippen LogP contribution in [-0.4, -0.2) is 16.3 Å². The van der Waals surface area contributed by atoms with Gasteiger partial charge in [0.1, 0.15) is 0 Å². The third-order valence-electron chi connectivity index (χ3n) is 2.63. The van der Waals surface area contributed by atoms with Crippen molar-refractivity contribution in [1.29, 1.82) is 0 Å². The van der Waals surface area contributed by atoms with E-state index < -0.39 is 0 Å². The molecule has 2 rings (SSSR count). The molecular formula is C12H14ClNO. The molecule has 15 heavy (non-hydrogen) atoms. The van der Waals surface area contributed by atoms with Crippen LogP contribution in [-0.2, 0) is 13.0 Å². The Hall–Kier alpha value is -0.990. The van der Waals surface area contributed by atoms with Crippen molar-refractivity contribution in [3.05, 3.63) is 35.0 Å². The van der Waals surface area contributed by atoms with Crippen LogP contribution in [0.5, 0.6) is 0 Å². The van der Waals surface area contributed by atoms with E-state index in [0.717, 1.165) is 22.6 Å². The molecule has 3 heteroatoms. The van der Waals surface area contributed by atoms with E-state index in [9.17, 15) is 0 Å². The molecule has 0 saturated heterocycles. The van der Waals surface area contributed by atoms with Crippen LogP contribution in [0.25, 0.3) is 10.9 Å². The fourth-order valence-corrected chi connectivity index (χ4v) is 2.17. The van der Waals surface area contributed by atoms with Gasteiger partial charge in [0.05, 0.1) is 0 Å². The first-order chi connectivity index (χ1) is 7.26. The van der Waals surface area contributed by atoms with Crippen LogP contribution >= 0.6 is 11.6 Å². The summed E-state index contributed by atoms with van der Waals surface area (Å²) in [7, 11) is 0. The Bertz CT molecular complexity index is 476. The van der Waals surface area contributed by atoms with Gasteiger partial charge in [-0.25, -0.2) is 0 Å². The maximum atomic E-state index is 8.98. The largest absolute Gasteiger partial charge is 0.396 e. The number of aryl methyl sites for hydroxylation is 1. The maximum absolute atomic E-state index is 8.98. The van der Waals surface area contributed by atoms with Gasteiger partial charge in [-0.2, -0.15) is 0 Å². The third kappa shape index (κ3) is 1.87. The predicted molar refractivity (Wildman–Crippen MR) is 63.4 cm³/mol. The Morgan fingerprint density at radius 3 is 2.80 bits per heavy atom. The van der Waals surface area contributed by atoms with Crippen molar-refractivity contribution in [2.24, 2.45) is 0 Å². The minimum Gasteiger partial charge on any atom is -0.396 e. The molecular weight excluding hydrogens is 210 g/mol. The predicted octanol–water partition coefficient (Wildman–Crippen LogP) is 2.85. The quantitative estimate of drug-likeness (QED) is 0.851. The summed E-state index contributed by atoms with van der Waals surface area (Å²) in [5.41, 5.74) is 2.35. The van der Waals surface area contributed by atoms with Crippen molar-refractivity contribution in [1.82, 2.24) is 4.57 Å². The van der Waals surface area contributed by atoms with E-state index >= 15 is 0 Å². The number of halogens is 1. The number of hydrogen-bond acceptors (Lipinski definition) is 1. The molecule has 0 aliphatic rings. The first kappa shape index (κ1) is 10.5. The lowest BCUT2D eigenvalue weighted by atomic mass is 10.2. The molecule has 0 bridgehead atoms. The molecule has 0 spiro atoms. The zero-order valence-corrected chi connectivity index (χ0v) is 9.46. The van der Waals surface area contributed by atoms with Gasteiger partial charge in [-0.15, -0.1) is 0 Å². The van der Waals surface area contributed by atoms with Gasteiger partial charge in [-0.05, 0) is 31.2 Å². The van der Waals surface area contributed by atoms with E-state index in [2.05, 4.69) is 17.6 Å². The monoisotopic (exact) mass is 223 g/mol. The van der Waals surface area contributed by atoms with Gasteiger partial charge in [-0.3, -0.25) is 0 Å². The van der Waals surface area contributed by atoms with Gasteiger partial charge in [-0.1, -0.05) is 11.6 Å². The molecule has 0 unspecified atom stereocenters. The van der Waals surface area contributed by atoms with Crippen molar-refractivity contribution < 1.29 is 5.11 Å². The minimum absolute atomic E-state index is 0.185. The molecule has 2 aromatic rings. The number of aliphatic hydroxyl groups is 1. The summed E-state index contributed by atoms with van der Waals surface area (Å²) in [5.74, 6) is 0. The van der Waals surface area contributed by atoms with E-state index in [1.54, 1.807) is 0 Å². The van der Waals surface area contributed by atoms with Crippen LogP contribution in [0.15, 0.2) is 24.3 Å². The van der Waals surface area contributed by atoms with Gasteiger partial charge in [0.15, 0.2) is 0 Å². The Labute approximate surface area is 94.1 Å². The summed E-state index contributed by atoms with van der Waals surface area (Å²) in [6.07, 6.45) is 0.695. The first-order valence-electron chi connectivity index (χ1n) is 5.14. The summed E-state index contributed by atoms with van der Waals surface area (Å²) >= 11 is 5.94. The smallest absolute Gasteiger partial charge is 0.0485 e. The Morgan fingerprint density at radius 2 is 2.13 bits per heavy atom. The molecule has 80 valence electrons. The van der Waals surface area contributed by atoms with Gasteiger partial charge in [0.2, 0.25) is 0 Å². The number of aromatic nitrogens is 1. The van der Waals surface area contributed by atoms with Crippen LogP contribution in [0.2, 0.25) is 5.02 Å². The van der Waals surface area contributed by atoms with E-state index in [0.29, 0.717) is 6.42 Å². The topological polar surface area (TPSA) is 25.2 Å². The second-order valence-electron chi connectivity index (χ2n) is 3.56. The molecule has 1 aromatic heterocycles. The van der Waals surface area contributed by atoms with E-state index in [-0.39, 0.29) is 6.61 Å². The number of rotatable bonds is 3. The summed E-state index contributed by atoms with van der Waals surface area (Å²) in [6.45, 7) is 3.21. The number of fused-ring (bicyclic) bond motifs is 1. The van der Waals surface area contributed by atoms with Crippen molar-refractivity contribution in [2.75, 3.05) is 6.61 Å². The summed E-state index contributed by atoms with van der Waals surface area (Å²) in [6, 6.07) is 7.99. The van der Waals surface area contributed by atoms with Gasteiger partial charge >= 0.3 is 0 Å². The molecule has 2 nitrogen and oxygen atoms in total. The SMILES string of the molecule is CCn1c(CCO)cc2cc(Cl)ccc21. The van der Waals surface area contributed by atoms with Crippen LogP contribution < -0.4 is 0 Å². The fraction of sp³-hybridized carbons (Fsp3) is 0.333. The highest BCUT2D eigenvalue weighted by Crippen LogP contribution is 2.23. The standard InChI is InChI=1S/C12H14ClNO/c1-2-14-11(5-6-15)8-9-7-10(13)3-4-12(9)14/h3-4,7-8,15H,2,5-6H2,1H3. The lowest BCUT2D eigenvalue weighted by molar-refractivity contribution is 0.296. The third-order valence-corrected chi connectivity index (χ3v) is 2.87. The van der Waals surface area contributed by atoms with Crippen molar-refractivity contribution in [3.8, 4) is 0 Å². The second-order valence-corrected chi connectivity index (χ2v) is 3.99. The second kappa shape index (κ2) is 4.25. The highest BCUT2D eigenvalue weighted by molar-refractivity contribution is 6.31. The average molecular weight is 224 g/mol. The minimum atomic E-state index is 0.185. The van der Waals surface area contributed by atoms with E-state index in [1.807, 2.05) is 18.2 Å². The van der Waals surface area contributed by atoms with Crippen LogP contribution in [0.1, 0.15) is 12.6 Å². The normalized spacial score (nSPS) is 11.1. The summed E-state index contributed by atoms with van der Waals surface area (Å²) in [4.78, 5) is 0. The van der Waals surface area contributed by atoms with Crippen molar-refractivity contribution in [3.63, 3.8) is 0 Å². The number of nitrogens with zero attached hydrogens (tertiary/aromatic N) is 1.